The number of hydrogen-bond acceptors (Lipinski definition) is 4. The number of fused-ring (bicyclic) bond motifs is 1. The number of benzene rings is 1. The van der Waals surface area contributed by atoms with Gasteiger partial charge in [0.2, 0.25) is 0 Å². The molecule has 2 saturated heterocycles. The minimum absolute atomic E-state index is 0.103. The van der Waals surface area contributed by atoms with Crippen molar-refractivity contribution >= 4 is 35.0 Å². The van der Waals surface area contributed by atoms with E-state index < -0.39 is 0 Å². The topological polar surface area (TPSA) is 32.8 Å². The molecular weight excluding hydrogens is 292 g/mol. The minimum Gasteiger partial charge on any atom is -0.494 e. The number of ether oxygens (including phenoxy) is 1. The average Bonchev–Trinajstić information content (AvgIpc) is 2.98. The quantitative estimate of drug-likeness (QED) is 0.800. The standard InChI is InChI=1S/C14H16N2O2S2/c1-3-18-10-6-4-9(5-7-10)13-16-11(8-20-13)12(17)15(2)14(16)19/h4-7,11,13H,3,8H2,1-2H3. The fourth-order valence-electron chi connectivity index (χ4n) is 2.57. The molecule has 0 bridgehead atoms. The van der Waals surface area contributed by atoms with Crippen molar-refractivity contribution in [2.24, 2.45) is 0 Å². The van der Waals surface area contributed by atoms with Crippen LogP contribution in [0.25, 0.3) is 0 Å². The largest absolute Gasteiger partial charge is 0.494 e. The molecule has 2 heterocycles. The van der Waals surface area contributed by atoms with Gasteiger partial charge >= 0.3 is 0 Å². The van der Waals surface area contributed by atoms with E-state index in [-0.39, 0.29) is 17.3 Å². The lowest BCUT2D eigenvalue weighted by molar-refractivity contribution is -0.126. The summed E-state index contributed by atoms with van der Waals surface area (Å²) in [4.78, 5) is 15.7. The van der Waals surface area contributed by atoms with E-state index in [0.717, 1.165) is 17.1 Å². The van der Waals surface area contributed by atoms with Gasteiger partial charge in [-0.05, 0) is 36.8 Å². The zero-order chi connectivity index (χ0) is 14.3. The number of rotatable bonds is 3. The van der Waals surface area contributed by atoms with Crippen LogP contribution in [0.4, 0.5) is 0 Å². The highest BCUT2D eigenvalue weighted by Crippen LogP contribution is 2.45. The van der Waals surface area contributed by atoms with Gasteiger partial charge in [-0.2, -0.15) is 0 Å². The molecule has 20 heavy (non-hydrogen) atoms. The second-order valence-corrected chi connectivity index (χ2v) is 6.27. The Labute approximate surface area is 128 Å². The maximum absolute atomic E-state index is 12.1. The molecule has 0 spiro atoms. The zero-order valence-electron chi connectivity index (χ0n) is 11.4. The van der Waals surface area contributed by atoms with Crippen molar-refractivity contribution in [3.05, 3.63) is 29.8 Å². The van der Waals surface area contributed by atoms with Crippen molar-refractivity contribution in [3.63, 3.8) is 0 Å². The van der Waals surface area contributed by atoms with Crippen LogP contribution in [0.2, 0.25) is 0 Å². The van der Waals surface area contributed by atoms with E-state index in [1.54, 1.807) is 23.7 Å². The number of thioether (sulfide) groups is 1. The molecule has 0 N–H and O–H groups in total. The Hall–Kier alpha value is -1.27. The van der Waals surface area contributed by atoms with Gasteiger partial charge < -0.3 is 9.64 Å². The lowest BCUT2D eigenvalue weighted by Crippen LogP contribution is -2.32. The van der Waals surface area contributed by atoms with E-state index in [2.05, 4.69) is 17.0 Å². The first-order valence-corrected chi connectivity index (χ1v) is 8.03. The van der Waals surface area contributed by atoms with Gasteiger partial charge in [-0.25, -0.2) is 0 Å². The summed E-state index contributed by atoms with van der Waals surface area (Å²) in [6.45, 7) is 2.63. The number of hydrogen-bond donors (Lipinski definition) is 0. The zero-order valence-corrected chi connectivity index (χ0v) is 13.0. The lowest BCUT2D eigenvalue weighted by atomic mass is 10.2. The molecule has 106 valence electrons. The van der Waals surface area contributed by atoms with Crippen LogP contribution >= 0.6 is 24.0 Å². The van der Waals surface area contributed by atoms with E-state index in [1.807, 2.05) is 19.1 Å². The minimum atomic E-state index is -0.103. The molecule has 0 radical (unpaired) electrons. The second kappa shape index (κ2) is 5.26. The van der Waals surface area contributed by atoms with E-state index in [4.69, 9.17) is 17.0 Å². The third-order valence-electron chi connectivity index (χ3n) is 3.60. The Bertz CT molecular complexity index is 547. The molecule has 1 amide bonds. The van der Waals surface area contributed by atoms with Gasteiger partial charge in [0.25, 0.3) is 5.91 Å². The van der Waals surface area contributed by atoms with Crippen LogP contribution in [0.5, 0.6) is 5.75 Å². The maximum atomic E-state index is 12.1. The summed E-state index contributed by atoms with van der Waals surface area (Å²) in [5.74, 6) is 1.77. The predicted molar refractivity (Wildman–Crippen MR) is 83.8 cm³/mol. The molecule has 2 atom stereocenters. The Morgan fingerprint density at radius 2 is 2.10 bits per heavy atom. The molecule has 0 aliphatic carbocycles. The van der Waals surface area contributed by atoms with Gasteiger partial charge in [0.1, 0.15) is 17.2 Å². The number of nitrogens with zero attached hydrogens (tertiary/aromatic N) is 2. The Morgan fingerprint density at radius 3 is 2.75 bits per heavy atom. The molecule has 2 unspecified atom stereocenters. The van der Waals surface area contributed by atoms with Gasteiger partial charge in [0.15, 0.2) is 5.11 Å². The molecule has 2 aliphatic rings. The molecule has 0 saturated carbocycles. The van der Waals surface area contributed by atoms with Crippen molar-refractivity contribution in [2.75, 3.05) is 19.4 Å². The van der Waals surface area contributed by atoms with Crippen LogP contribution in [-0.4, -0.2) is 46.3 Å². The van der Waals surface area contributed by atoms with Crippen LogP contribution in [0.1, 0.15) is 17.9 Å². The first kappa shape index (κ1) is 13.7. The molecule has 0 aromatic heterocycles. The van der Waals surface area contributed by atoms with Gasteiger partial charge in [-0.1, -0.05) is 12.1 Å². The smallest absolute Gasteiger partial charge is 0.252 e. The average molecular weight is 308 g/mol. The number of likely N-dealkylation sites (N-methyl/N-ethyl adjacent to an activating group) is 1. The highest BCUT2D eigenvalue weighted by molar-refractivity contribution is 7.99. The second-order valence-electron chi connectivity index (χ2n) is 4.79. The van der Waals surface area contributed by atoms with Crippen LogP contribution in [-0.2, 0) is 4.79 Å². The fraction of sp³-hybridized carbons (Fsp3) is 0.429. The molecular formula is C14H16N2O2S2. The highest BCUT2D eigenvalue weighted by Gasteiger charge is 2.48. The lowest BCUT2D eigenvalue weighted by Gasteiger charge is -2.24. The first-order chi connectivity index (χ1) is 9.63. The van der Waals surface area contributed by atoms with E-state index >= 15 is 0 Å². The normalized spacial score (nSPS) is 25.3. The van der Waals surface area contributed by atoms with Crippen molar-refractivity contribution in [3.8, 4) is 5.75 Å². The molecule has 2 fully saturated rings. The maximum Gasteiger partial charge on any atom is 0.252 e. The number of thiocarbonyl (C=S) groups is 1. The number of carbonyl (C=O) groups is 1. The summed E-state index contributed by atoms with van der Waals surface area (Å²) in [6.07, 6.45) is 0. The van der Waals surface area contributed by atoms with Crippen molar-refractivity contribution < 1.29 is 9.53 Å². The van der Waals surface area contributed by atoms with Crippen molar-refractivity contribution in [1.29, 1.82) is 0 Å². The summed E-state index contributed by atoms with van der Waals surface area (Å²) in [5.41, 5.74) is 1.16. The SMILES string of the molecule is CCOc1ccc(C2SCC3C(=O)N(C)C(=S)N32)cc1. The molecule has 1 aromatic carbocycles. The summed E-state index contributed by atoms with van der Waals surface area (Å²) >= 11 is 7.16. The molecule has 3 rings (SSSR count). The highest BCUT2D eigenvalue weighted by atomic mass is 32.2. The van der Waals surface area contributed by atoms with Crippen LogP contribution in [0, 0.1) is 0 Å². The summed E-state index contributed by atoms with van der Waals surface area (Å²) < 4.78 is 5.46. The van der Waals surface area contributed by atoms with Gasteiger partial charge in [-0.15, -0.1) is 11.8 Å². The summed E-state index contributed by atoms with van der Waals surface area (Å²) in [6, 6.07) is 7.94. The monoisotopic (exact) mass is 308 g/mol. The summed E-state index contributed by atoms with van der Waals surface area (Å²) in [7, 11) is 1.75. The molecule has 4 nitrogen and oxygen atoms in total. The van der Waals surface area contributed by atoms with Crippen LogP contribution in [0.15, 0.2) is 24.3 Å². The van der Waals surface area contributed by atoms with Gasteiger partial charge in [-0.3, -0.25) is 9.69 Å². The van der Waals surface area contributed by atoms with Crippen LogP contribution < -0.4 is 4.74 Å². The van der Waals surface area contributed by atoms with Gasteiger partial charge in [0, 0.05) is 12.8 Å². The fourth-order valence-corrected chi connectivity index (χ4v) is 4.39. The van der Waals surface area contributed by atoms with E-state index in [9.17, 15) is 4.79 Å². The van der Waals surface area contributed by atoms with Crippen molar-refractivity contribution in [2.45, 2.75) is 18.3 Å². The Morgan fingerprint density at radius 1 is 1.40 bits per heavy atom. The third kappa shape index (κ3) is 2.07. The summed E-state index contributed by atoms with van der Waals surface area (Å²) in [5, 5.41) is 0.751. The van der Waals surface area contributed by atoms with E-state index in [1.165, 1.54) is 0 Å². The number of carbonyl (C=O) groups excluding carboxylic acids is 1. The van der Waals surface area contributed by atoms with Crippen molar-refractivity contribution in [1.82, 2.24) is 9.80 Å². The predicted octanol–water partition coefficient (Wildman–Crippen LogP) is 2.26. The van der Waals surface area contributed by atoms with E-state index in [0.29, 0.717) is 11.7 Å². The molecule has 2 aliphatic heterocycles. The Balaban J connectivity index is 1.84. The Kier molecular flexibility index (Phi) is 3.60. The van der Waals surface area contributed by atoms with Gasteiger partial charge in [0.05, 0.1) is 6.61 Å². The first-order valence-electron chi connectivity index (χ1n) is 6.57. The molecule has 1 aromatic rings. The number of amides is 1. The third-order valence-corrected chi connectivity index (χ3v) is 5.41. The van der Waals surface area contributed by atoms with Crippen LogP contribution in [0.3, 0.4) is 0 Å². The molecule has 6 heteroatoms.